The first kappa shape index (κ1) is 13.2. The van der Waals surface area contributed by atoms with Gasteiger partial charge in [0, 0.05) is 23.7 Å². The van der Waals surface area contributed by atoms with Gasteiger partial charge < -0.3 is 5.32 Å². The second-order valence-corrected chi connectivity index (χ2v) is 5.78. The zero-order valence-corrected chi connectivity index (χ0v) is 11.6. The van der Waals surface area contributed by atoms with Crippen LogP contribution in [0.5, 0.6) is 0 Å². The van der Waals surface area contributed by atoms with Crippen LogP contribution in [0.2, 0.25) is 0 Å². The number of nitrogens with one attached hydrogen (secondary N) is 1. The van der Waals surface area contributed by atoms with Gasteiger partial charge in [0.15, 0.2) is 0 Å². The number of rotatable bonds is 4. The highest BCUT2D eigenvalue weighted by atomic mass is 32.1. The van der Waals surface area contributed by atoms with Crippen LogP contribution in [-0.4, -0.2) is 4.98 Å². The van der Waals surface area contributed by atoms with E-state index in [9.17, 15) is 4.39 Å². The zero-order chi connectivity index (χ0) is 13.1. The molecule has 1 unspecified atom stereocenters. The molecule has 2 aromatic rings. The first-order valence-corrected chi connectivity index (χ1v) is 6.78. The number of benzene rings is 1. The van der Waals surface area contributed by atoms with Crippen molar-refractivity contribution in [1.29, 1.82) is 0 Å². The summed E-state index contributed by atoms with van der Waals surface area (Å²) in [5.41, 5.74) is 1.66. The van der Waals surface area contributed by atoms with Crippen molar-refractivity contribution in [2.75, 3.05) is 0 Å². The molecule has 1 heterocycles. The van der Waals surface area contributed by atoms with Crippen LogP contribution in [0.15, 0.2) is 24.4 Å². The van der Waals surface area contributed by atoms with Gasteiger partial charge in [-0.05, 0) is 38.0 Å². The van der Waals surface area contributed by atoms with E-state index in [1.165, 1.54) is 4.88 Å². The predicted molar refractivity (Wildman–Crippen MR) is 73.2 cm³/mol. The third-order valence-corrected chi connectivity index (χ3v) is 3.86. The van der Waals surface area contributed by atoms with E-state index in [2.05, 4.69) is 10.3 Å². The normalized spacial score (nSPS) is 12.7. The molecule has 0 saturated heterocycles. The summed E-state index contributed by atoms with van der Waals surface area (Å²) in [6, 6.07) is 5.51. The van der Waals surface area contributed by atoms with E-state index in [4.69, 9.17) is 0 Å². The van der Waals surface area contributed by atoms with Crippen LogP contribution in [0.25, 0.3) is 0 Å². The molecular formula is C14H17FN2S. The molecule has 0 aliphatic carbocycles. The zero-order valence-electron chi connectivity index (χ0n) is 10.8. The number of aromatic nitrogens is 1. The molecule has 0 spiro atoms. The van der Waals surface area contributed by atoms with Crippen LogP contribution in [0, 0.1) is 19.7 Å². The van der Waals surface area contributed by atoms with Crippen molar-refractivity contribution in [3.8, 4) is 0 Å². The summed E-state index contributed by atoms with van der Waals surface area (Å²) in [6.07, 6.45) is 1.88. The highest BCUT2D eigenvalue weighted by Crippen LogP contribution is 2.18. The van der Waals surface area contributed by atoms with E-state index >= 15 is 0 Å². The molecule has 1 aromatic heterocycles. The molecule has 2 nitrogen and oxygen atoms in total. The van der Waals surface area contributed by atoms with Crippen LogP contribution in [-0.2, 0) is 6.54 Å². The largest absolute Gasteiger partial charge is 0.305 e. The van der Waals surface area contributed by atoms with Crippen molar-refractivity contribution in [3.05, 3.63) is 51.2 Å². The summed E-state index contributed by atoms with van der Waals surface area (Å²) in [4.78, 5) is 5.41. The minimum Gasteiger partial charge on any atom is -0.305 e. The number of aryl methyl sites for hydroxylation is 2. The molecule has 1 aromatic carbocycles. The monoisotopic (exact) mass is 264 g/mol. The van der Waals surface area contributed by atoms with Gasteiger partial charge in [-0.25, -0.2) is 9.37 Å². The summed E-state index contributed by atoms with van der Waals surface area (Å²) < 4.78 is 13.5. The van der Waals surface area contributed by atoms with E-state index < -0.39 is 0 Å². The molecule has 0 fully saturated rings. The second kappa shape index (κ2) is 5.59. The van der Waals surface area contributed by atoms with E-state index in [0.717, 1.165) is 17.1 Å². The third kappa shape index (κ3) is 3.15. The van der Waals surface area contributed by atoms with Gasteiger partial charge in [0.25, 0.3) is 0 Å². The predicted octanol–water partition coefficient (Wildman–Crippen LogP) is 3.75. The Balaban J connectivity index is 1.99. The number of halogens is 1. The van der Waals surface area contributed by atoms with E-state index in [0.29, 0.717) is 5.56 Å². The van der Waals surface area contributed by atoms with Crippen molar-refractivity contribution in [2.45, 2.75) is 33.4 Å². The topological polar surface area (TPSA) is 24.9 Å². The average Bonchev–Trinajstić information content (AvgIpc) is 2.75. The highest BCUT2D eigenvalue weighted by Gasteiger charge is 2.08. The summed E-state index contributed by atoms with van der Waals surface area (Å²) in [5.74, 6) is -0.144. The molecule has 0 bridgehead atoms. The second-order valence-electron chi connectivity index (χ2n) is 4.46. The lowest BCUT2D eigenvalue weighted by Gasteiger charge is -2.14. The lowest BCUT2D eigenvalue weighted by atomic mass is 10.1. The van der Waals surface area contributed by atoms with E-state index in [1.54, 1.807) is 24.3 Å². The third-order valence-electron chi connectivity index (χ3n) is 2.95. The van der Waals surface area contributed by atoms with Crippen molar-refractivity contribution < 1.29 is 4.39 Å². The first-order valence-electron chi connectivity index (χ1n) is 5.97. The molecule has 1 N–H and O–H groups in total. The Morgan fingerprint density at radius 1 is 1.39 bits per heavy atom. The molecule has 0 aliphatic rings. The molecule has 4 heteroatoms. The Morgan fingerprint density at radius 3 is 2.78 bits per heavy atom. The molecule has 0 amide bonds. The van der Waals surface area contributed by atoms with E-state index in [-0.39, 0.29) is 11.9 Å². The summed E-state index contributed by atoms with van der Waals surface area (Å²) in [5, 5.41) is 4.45. The fraction of sp³-hybridized carbons (Fsp3) is 0.357. The number of hydrogen-bond donors (Lipinski definition) is 1. The van der Waals surface area contributed by atoms with Gasteiger partial charge in [-0.3, -0.25) is 0 Å². The standard InChI is InChI=1S/C14H17FN2S/c1-9-4-5-12(6-14(9)15)10(2)16-7-13-8-17-11(3)18-13/h4-6,8,10,16H,7H2,1-3H3. The lowest BCUT2D eigenvalue weighted by molar-refractivity contribution is 0.566. The van der Waals surface area contributed by atoms with Crippen LogP contribution < -0.4 is 5.32 Å². The maximum Gasteiger partial charge on any atom is 0.126 e. The first-order chi connectivity index (χ1) is 8.56. The van der Waals surface area contributed by atoms with Crippen LogP contribution >= 0.6 is 11.3 Å². The van der Waals surface area contributed by atoms with Gasteiger partial charge >= 0.3 is 0 Å². The average molecular weight is 264 g/mol. The van der Waals surface area contributed by atoms with Crippen LogP contribution in [0.1, 0.15) is 34.0 Å². The summed E-state index contributed by atoms with van der Waals surface area (Å²) in [7, 11) is 0. The van der Waals surface area contributed by atoms with Crippen LogP contribution in [0.4, 0.5) is 4.39 Å². The quantitative estimate of drug-likeness (QED) is 0.909. The molecule has 18 heavy (non-hydrogen) atoms. The smallest absolute Gasteiger partial charge is 0.126 e. The van der Waals surface area contributed by atoms with Gasteiger partial charge in [-0.2, -0.15) is 0 Å². The van der Waals surface area contributed by atoms with Gasteiger partial charge in [0.05, 0.1) is 5.01 Å². The van der Waals surface area contributed by atoms with Gasteiger partial charge in [-0.15, -0.1) is 11.3 Å². The maximum absolute atomic E-state index is 13.5. The Labute approximate surface area is 111 Å². The molecule has 0 radical (unpaired) electrons. The van der Waals surface area contributed by atoms with Crippen molar-refractivity contribution >= 4 is 11.3 Å². The molecule has 1 atom stereocenters. The SMILES string of the molecule is Cc1ncc(CNC(C)c2ccc(C)c(F)c2)s1. The molecule has 2 rings (SSSR count). The van der Waals surface area contributed by atoms with Gasteiger partial charge in [0.1, 0.15) is 5.82 Å². The summed E-state index contributed by atoms with van der Waals surface area (Å²) in [6.45, 7) is 6.57. The molecule has 0 saturated carbocycles. The van der Waals surface area contributed by atoms with Crippen molar-refractivity contribution in [1.82, 2.24) is 10.3 Å². The Bertz CT molecular complexity index is 536. The molecule has 96 valence electrons. The summed E-state index contributed by atoms with van der Waals surface area (Å²) >= 11 is 1.68. The van der Waals surface area contributed by atoms with Crippen LogP contribution in [0.3, 0.4) is 0 Å². The lowest BCUT2D eigenvalue weighted by Crippen LogP contribution is -2.17. The Morgan fingerprint density at radius 2 is 2.17 bits per heavy atom. The minimum atomic E-state index is -0.144. The van der Waals surface area contributed by atoms with Gasteiger partial charge in [-0.1, -0.05) is 12.1 Å². The van der Waals surface area contributed by atoms with Crippen molar-refractivity contribution in [3.63, 3.8) is 0 Å². The Kier molecular flexibility index (Phi) is 4.09. The van der Waals surface area contributed by atoms with E-state index in [1.807, 2.05) is 32.2 Å². The number of nitrogens with zero attached hydrogens (tertiary/aromatic N) is 1. The van der Waals surface area contributed by atoms with Gasteiger partial charge in [0.2, 0.25) is 0 Å². The minimum absolute atomic E-state index is 0.127. The molecule has 0 aliphatic heterocycles. The number of thiazole rings is 1. The fourth-order valence-electron chi connectivity index (χ4n) is 1.74. The maximum atomic E-state index is 13.5. The highest BCUT2D eigenvalue weighted by molar-refractivity contribution is 7.11. The molecular weight excluding hydrogens is 247 g/mol. The van der Waals surface area contributed by atoms with Crippen molar-refractivity contribution in [2.24, 2.45) is 0 Å². The Hall–Kier alpha value is -1.26. The fourth-order valence-corrected chi connectivity index (χ4v) is 2.48. The number of hydrogen-bond acceptors (Lipinski definition) is 3.